The minimum absolute atomic E-state index is 0.353. The highest BCUT2D eigenvalue weighted by Crippen LogP contribution is 2.21. The van der Waals surface area contributed by atoms with Gasteiger partial charge < -0.3 is 10.6 Å². The Morgan fingerprint density at radius 3 is 3.00 bits per heavy atom. The second-order valence-corrected chi connectivity index (χ2v) is 3.87. The molecule has 3 rings (SSSR count). The Bertz CT molecular complexity index is 456. The van der Waals surface area contributed by atoms with Gasteiger partial charge in [0, 0.05) is 25.0 Å². The van der Waals surface area contributed by atoms with Crippen molar-refractivity contribution in [2.75, 3.05) is 19.6 Å². The monoisotopic (exact) mass is 202 g/mol. The lowest BCUT2D eigenvalue weighted by atomic mass is 10.1. The fourth-order valence-electron chi connectivity index (χ4n) is 2.10. The average Bonchev–Trinajstić information content (AvgIpc) is 2.74. The Kier molecular flexibility index (Phi) is 2.16. The Morgan fingerprint density at radius 1 is 1.20 bits per heavy atom. The molecule has 3 N–H and O–H groups in total. The fraction of sp³-hybridized carbons (Fsp3) is 0.364. The highest BCUT2D eigenvalue weighted by molar-refractivity contribution is 5.81. The number of aromatic amines is 1. The molecule has 0 bridgehead atoms. The summed E-state index contributed by atoms with van der Waals surface area (Å²) in [6.07, 6.45) is 0. The molecule has 1 fully saturated rings. The van der Waals surface area contributed by atoms with Crippen molar-refractivity contribution in [3.63, 3.8) is 0 Å². The van der Waals surface area contributed by atoms with E-state index in [0.717, 1.165) is 25.2 Å². The molecule has 1 saturated heterocycles. The minimum atomic E-state index is 0.353. The molecular formula is C11H14N4. The topological polar surface area (TPSA) is 52.7 Å². The largest absolute Gasteiger partial charge is 0.314 e. The maximum atomic E-state index is 4.30. The summed E-state index contributed by atoms with van der Waals surface area (Å²) < 4.78 is 0. The number of hydrogen-bond acceptors (Lipinski definition) is 3. The number of piperazine rings is 1. The number of aromatic nitrogens is 2. The zero-order valence-electron chi connectivity index (χ0n) is 8.46. The highest BCUT2D eigenvalue weighted by atomic mass is 15.2. The van der Waals surface area contributed by atoms with E-state index in [1.165, 1.54) is 11.1 Å². The predicted octanol–water partition coefficient (Wildman–Crippen LogP) is 0.797. The lowest BCUT2D eigenvalue weighted by Crippen LogP contribution is -2.42. The molecule has 0 aliphatic carbocycles. The molecule has 4 heteroatoms. The van der Waals surface area contributed by atoms with Crippen LogP contribution in [-0.4, -0.2) is 29.8 Å². The zero-order valence-corrected chi connectivity index (χ0v) is 8.46. The normalized spacial score (nSPS) is 22.0. The molecule has 1 unspecified atom stereocenters. The Labute approximate surface area is 88.1 Å². The molecule has 1 aliphatic heterocycles. The van der Waals surface area contributed by atoms with E-state index in [0.29, 0.717) is 6.04 Å². The first-order chi connectivity index (χ1) is 7.45. The maximum Gasteiger partial charge on any atom is 0.0924 e. The highest BCUT2D eigenvalue weighted by Gasteiger charge is 2.18. The van der Waals surface area contributed by atoms with Crippen LogP contribution in [0, 0.1) is 0 Å². The van der Waals surface area contributed by atoms with E-state index in [-0.39, 0.29) is 0 Å². The molecule has 2 aromatic rings. The van der Waals surface area contributed by atoms with Crippen molar-refractivity contribution in [3.8, 4) is 0 Å². The Hall–Kier alpha value is -1.39. The summed E-state index contributed by atoms with van der Waals surface area (Å²) in [5.74, 6) is 0. The summed E-state index contributed by atoms with van der Waals surface area (Å²) in [5.41, 5.74) is 2.23. The van der Waals surface area contributed by atoms with E-state index in [9.17, 15) is 0 Å². The number of hydrogen-bond donors (Lipinski definition) is 3. The number of nitrogens with zero attached hydrogens (tertiary/aromatic N) is 1. The molecule has 4 nitrogen and oxygen atoms in total. The summed E-state index contributed by atoms with van der Waals surface area (Å²) in [4.78, 5) is 0. The first kappa shape index (κ1) is 8.88. The van der Waals surface area contributed by atoms with Gasteiger partial charge in [-0.3, -0.25) is 5.10 Å². The van der Waals surface area contributed by atoms with Crippen molar-refractivity contribution >= 4 is 10.9 Å². The second-order valence-electron chi connectivity index (χ2n) is 3.87. The first-order valence-corrected chi connectivity index (χ1v) is 5.32. The SMILES string of the molecule is c1ccc2c(C3CNCCN3)[nH]nc2c1. The predicted molar refractivity (Wildman–Crippen MR) is 59.7 cm³/mol. The fourth-order valence-corrected chi connectivity index (χ4v) is 2.10. The van der Waals surface area contributed by atoms with Gasteiger partial charge in [0.15, 0.2) is 0 Å². The molecule has 2 heterocycles. The molecule has 78 valence electrons. The first-order valence-electron chi connectivity index (χ1n) is 5.32. The van der Waals surface area contributed by atoms with Crippen LogP contribution in [0.25, 0.3) is 10.9 Å². The molecular weight excluding hydrogens is 188 g/mol. The number of H-pyrrole nitrogens is 1. The molecule has 1 aliphatic rings. The maximum absolute atomic E-state index is 4.30. The van der Waals surface area contributed by atoms with Crippen LogP contribution in [0.5, 0.6) is 0 Å². The van der Waals surface area contributed by atoms with E-state index in [1.54, 1.807) is 0 Å². The third-order valence-corrected chi connectivity index (χ3v) is 2.88. The van der Waals surface area contributed by atoms with Crippen LogP contribution in [0.3, 0.4) is 0 Å². The number of benzene rings is 1. The smallest absolute Gasteiger partial charge is 0.0924 e. The van der Waals surface area contributed by atoms with Gasteiger partial charge in [-0.1, -0.05) is 18.2 Å². The molecule has 0 spiro atoms. The lowest BCUT2D eigenvalue weighted by molar-refractivity contribution is 0.424. The van der Waals surface area contributed by atoms with E-state index < -0.39 is 0 Å². The van der Waals surface area contributed by atoms with Gasteiger partial charge in [-0.25, -0.2) is 0 Å². The molecule has 1 aromatic heterocycles. The van der Waals surface area contributed by atoms with Crippen LogP contribution in [0.1, 0.15) is 11.7 Å². The van der Waals surface area contributed by atoms with Gasteiger partial charge in [0.2, 0.25) is 0 Å². The van der Waals surface area contributed by atoms with Crippen LogP contribution in [0.4, 0.5) is 0 Å². The third-order valence-electron chi connectivity index (χ3n) is 2.88. The number of nitrogens with one attached hydrogen (secondary N) is 3. The lowest BCUT2D eigenvalue weighted by Gasteiger charge is -2.23. The van der Waals surface area contributed by atoms with Gasteiger partial charge in [-0.2, -0.15) is 5.10 Å². The third kappa shape index (κ3) is 1.52. The van der Waals surface area contributed by atoms with Crippen LogP contribution >= 0.6 is 0 Å². The van der Waals surface area contributed by atoms with Crippen molar-refractivity contribution in [2.45, 2.75) is 6.04 Å². The van der Waals surface area contributed by atoms with E-state index >= 15 is 0 Å². The zero-order chi connectivity index (χ0) is 10.1. The van der Waals surface area contributed by atoms with Gasteiger partial charge in [-0.15, -0.1) is 0 Å². The van der Waals surface area contributed by atoms with Gasteiger partial charge in [0.25, 0.3) is 0 Å². The van der Waals surface area contributed by atoms with Gasteiger partial charge in [0.1, 0.15) is 0 Å². The molecule has 0 saturated carbocycles. The van der Waals surface area contributed by atoms with Crippen molar-refractivity contribution in [3.05, 3.63) is 30.0 Å². The number of fused-ring (bicyclic) bond motifs is 1. The van der Waals surface area contributed by atoms with E-state index in [4.69, 9.17) is 0 Å². The van der Waals surface area contributed by atoms with Crippen molar-refractivity contribution < 1.29 is 0 Å². The van der Waals surface area contributed by atoms with Crippen LogP contribution in [0.15, 0.2) is 24.3 Å². The summed E-state index contributed by atoms with van der Waals surface area (Å²) >= 11 is 0. The van der Waals surface area contributed by atoms with Crippen molar-refractivity contribution in [1.29, 1.82) is 0 Å². The quantitative estimate of drug-likeness (QED) is 0.641. The van der Waals surface area contributed by atoms with Gasteiger partial charge in [0.05, 0.1) is 17.3 Å². The second kappa shape index (κ2) is 3.64. The van der Waals surface area contributed by atoms with Crippen molar-refractivity contribution in [2.24, 2.45) is 0 Å². The van der Waals surface area contributed by atoms with Gasteiger partial charge in [-0.05, 0) is 6.07 Å². The van der Waals surface area contributed by atoms with Crippen LogP contribution in [0.2, 0.25) is 0 Å². The summed E-state index contributed by atoms with van der Waals surface area (Å²) in [6, 6.07) is 8.57. The molecule has 0 radical (unpaired) electrons. The van der Waals surface area contributed by atoms with Gasteiger partial charge >= 0.3 is 0 Å². The standard InChI is InChI=1S/C11H14N4/c1-2-4-9-8(3-1)11(15-14-9)10-7-12-5-6-13-10/h1-4,10,12-13H,5-7H2,(H,14,15). The van der Waals surface area contributed by atoms with Crippen LogP contribution < -0.4 is 10.6 Å². The number of para-hydroxylation sites is 1. The average molecular weight is 202 g/mol. The van der Waals surface area contributed by atoms with Crippen molar-refractivity contribution in [1.82, 2.24) is 20.8 Å². The summed E-state index contributed by atoms with van der Waals surface area (Å²) in [6.45, 7) is 3.02. The Morgan fingerprint density at radius 2 is 2.13 bits per heavy atom. The summed E-state index contributed by atoms with van der Waals surface area (Å²) in [5, 5.41) is 15.5. The molecule has 1 aromatic carbocycles. The van der Waals surface area contributed by atoms with Crippen LogP contribution in [-0.2, 0) is 0 Å². The number of rotatable bonds is 1. The minimum Gasteiger partial charge on any atom is -0.314 e. The van der Waals surface area contributed by atoms with E-state index in [1.807, 2.05) is 12.1 Å². The molecule has 1 atom stereocenters. The van der Waals surface area contributed by atoms with E-state index in [2.05, 4.69) is 33.0 Å². The molecule has 0 amide bonds. The molecule has 15 heavy (non-hydrogen) atoms. The summed E-state index contributed by atoms with van der Waals surface area (Å²) in [7, 11) is 0. The Balaban J connectivity index is 2.02.